The molecule has 8 heteroatoms. The molecule has 0 bridgehead atoms. The summed E-state index contributed by atoms with van der Waals surface area (Å²) < 4.78 is 40.9. The minimum atomic E-state index is -4.38. The molecular weight excluding hydrogens is 469 g/mol. The quantitative estimate of drug-likeness (QED) is 0.388. The van der Waals surface area contributed by atoms with Crippen LogP contribution in [0.25, 0.3) is 10.9 Å². The number of rotatable bonds is 6. The standard InChI is InChI=1S/C23H24BrF3N4/c1-12-16(5-4-6-18(12)23(25,26)27)13(2)29-22-17-9-19(24)21(28-11-15-7-8-15)10-20(17)30-14(3)31-22/h4-6,9-10,13,15,28H,7-8,11H2,1-3H3,(H,29,30,31)/t13-/m1/s1. The molecule has 4 rings (SSSR count). The van der Waals surface area contributed by atoms with Crippen LogP contribution in [-0.2, 0) is 6.18 Å². The van der Waals surface area contributed by atoms with Gasteiger partial charge in [0.1, 0.15) is 11.6 Å². The average molecular weight is 493 g/mol. The lowest BCUT2D eigenvalue weighted by Crippen LogP contribution is -2.14. The Balaban J connectivity index is 1.67. The van der Waals surface area contributed by atoms with Crippen molar-refractivity contribution in [1.82, 2.24) is 9.97 Å². The molecule has 1 atom stereocenters. The summed E-state index contributed by atoms with van der Waals surface area (Å²) in [6.07, 6.45) is -1.85. The number of hydrogen-bond acceptors (Lipinski definition) is 4. The molecule has 0 spiro atoms. The van der Waals surface area contributed by atoms with Crippen molar-refractivity contribution >= 4 is 38.3 Å². The Hall–Kier alpha value is -2.35. The molecule has 2 aromatic carbocycles. The van der Waals surface area contributed by atoms with E-state index < -0.39 is 11.7 Å². The Kier molecular flexibility index (Phi) is 5.85. The van der Waals surface area contributed by atoms with Gasteiger partial charge in [0.2, 0.25) is 0 Å². The van der Waals surface area contributed by atoms with Crippen LogP contribution in [0.4, 0.5) is 24.7 Å². The lowest BCUT2D eigenvalue weighted by molar-refractivity contribution is -0.138. The molecule has 0 unspecified atom stereocenters. The molecular formula is C23H24BrF3N4. The summed E-state index contributed by atoms with van der Waals surface area (Å²) in [6.45, 7) is 6.09. The molecule has 2 N–H and O–H groups in total. The second-order valence-corrected chi connectivity index (χ2v) is 9.03. The molecule has 31 heavy (non-hydrogen) atoms. The van der Waals surface area contributed by atoms with Crippen molar-refractivity contribution in [2.75, 3.05) is 17.2 Å². The number of alkyl halides is 3. The van der Waals surface area contributed by atoms with Crippen molar-refractivity contribution in [3.8, 4) is 0 Å². The highest BCUT2D eigenvalue weighted by molar-refractivity contribution is 9.10. The van der Waals surface area contributed by atoms with Gasteiger partial charge in [0.25, 0.3) is 0 Å². The van der Waals surface area contributed by atoms with Crippen LogP contribution in [0.5, 0.6) is 0 Å². The number of nitrogens with one attached hydrogen (secondary N) is 2. The predicted octanol–water partition coefficient (Wildman–Crippen LogP) is 7.02. The third-order valence-corrected chi connectivity index (χ3v) is 6.33. The number of anilines is 2. The molecule has 0 saturated heterocycles. The van der Waals surface area contributed by atoms with Crippen LogP contribution < -0.4 is 10.6 Å². The molecule has 0 amide bonds. The summed E-state index contributed by atoms with van der Waals surface area (Å²) >= 11 is 3.62. The van der Waals surface area contributed by atoms with Gasteiger partial charge in [-0.05, 0) is 84.8 Å². The first-order valence-electron chi connectivity index (χ1n) is 10.3. The number of aromatic nitrogens is 2. The SMILES string of the molecule is Cc1nc(N[C@H](C)c2cccc(C(F)(F)F)c2C)c2cc(Br)c(NCC3CC3)cc2n1. The molecule has 0 aliphatic heterocycles. The van der Waals surface area contributed by atoms with Gasteiger partial charge < -0.3 is 10.6 Å². The minimum Gasteiger partial charge on any atom is -0.384 e. The second kappa shape index (κ2) is 8.30. The van der Waals surface area contributed by atoms with Crippen LogP contribution in [0.15, 0.2) is 34.8 Å². The largest absolute Gasteiger partial charge is 0.416 e. The lowest BCUT2D eigenvalue weighted by Gasteiger charge is -2.21. The number of aryl methyl sites for hydroxylation is 1. The van der Waals surface area contributed by atoms with Crippen LogP contribution >= 0.6 is 15.9 Å². The smallest absolute Gasteiger partial charge is 0.384 e. The maximum absolute atomic E-state index is 13.3. The summed E-state index contributed by atoms with van der Waals surface area (Å²) in [5, 5.41) is 7.59. The zero-order valence-corrected chi connectivity index (χ0v) is 19.2. The Labute approximate surface area is 187 Å². The minimum absolute atomic E-state index is 0.220. The van der Waals surface area contributed by atoms with Gasteiger partial charge in [-0.1, -0.05) is 12.1 Å². The Bertz CT molecular complexity index is 1130. The van der Waals surface area contributed by atoms with E-state index in [1.54, 1.807) is 6.07 Å². The van der Waals surface area contributed by atoms with Gasteiger partial charge in [-0.3, -0.25) is 0 Å². The molecule has 1 fully saturated rings. The Morgan fingerprint density at radius 1 is 1.16 bits per heavy atom. The van der Waals surface area contributed by atoms with E-state index in [1.807, 2.05) is 26.0 Å². The number of hydrogen-bond donors (Lipinski definition) is 2. The maximum Gasteiger partial charge on any atom is 0.416 e. The van der Waals surface area contributed by atoms with Crippen molar-refractivity contribution < 1.29 is 13.2 Å². The van der Waals surface area contributed by atoms with E-state index in [2.05, 4.69) is 36.5 Å². The summed E-state index contributed by atoms with van der Waals surface area (Å²) in [5.74, 6) is 1.93. The van der Waals surface area contributed by atoms with E-state index in [9.17, 15) is 13.2 Å². The van der Waals surface area contributed by atoms with Crippen molar-refractivity contribution in [3.63, 3.8) is 0 Å². The van der Waals surface area contributed by atoms with Gasteiger partial charge in [-0.15, -0.1) is 0 Å². The first kappa shape index (κ1) is 21.9. The van der Waals surface area contributed by atoms with Crippen molar-refractivity contribution in [2.45, 2.75) is 45.8 Å². The van der Waals surface area contributed by atoms with Gasteiger partial charge in [-0.25, -0.2) is 9.97 Å². The van der Waals surface area contributed by atoms with E-state index in [0.29, 0.717) is 17.2 Å². The number of nitrogens with zero attached hydrogens (tertiary/aromatic N) is 2. The molecule has 1 aliphatic rings. The lowest BCUT2D eigenvalue weighted by atomic mass is 9.97. The van der Waals surface area contributed by atoms with Gasteiger partial charge >= 0.3 is 6.18 Å². The van der Waals surface area contributed by atoms with Crippen LogP contribution in [0.1, 0.15) is 48.3 Å². The summed E-state index contributed by atoms with van der Waals surface area (Å²) in [5.41, 5.74) is 1.95. The Morgan fingerprint density at radius 2 is 1.90 bits per heavy atom. The second-order valence-electron chi connectivity index (χ2n) is 8.18. The molecule has 4 nitrogen and oxygen atoms in total. The number of halogens is 4. The first-order valence-corrected chi connectivity index (χ1v) is 11.1. The molecule has 1 saturated carbocycles. The predicted molar refractivity (Wildman–Crippen MR) is 121 cm³/mol. The van der Waals surface area contributed by atoms with Crippen molar-refractivity contribution in [1.29, 1.82) is 0 Å². The molecule has 1 heterocycles. The highest BCUT2D eigenvalue weighted by atomic mass is 79.9. The first-order chi connectivity index (χ1) is 14.6. The van der Waals surface area contributed by atoms with Gasteiger partial charge in [0, 0.05) is 16.4 Å². The van der Waals surface area contributed by atoms with Crippen LogP contribution in [0, 0.1) is 19.8 Å². The van der Waals surface area contributed by atoms with E-state index >= 15 is 0 Å². The summed E-state index contributed by atoms with van der Waals surface area (Å²) in [6, 6.07) is 7.85. The molecule has 3 aromatic rings. The van der Waals surface area contributed by atoms with Gasteiger partial charge in [0.05, 0.1) is 22.8 Å². The van der Waals surface area contributed by atoms with Crippen LogP contribution in [0.3, 0.4) is 0 Å². The van der Waals surface area contributed by atoms with Crippen molar-refractivity contribution in [2.24, 2.45) is 5.92 Å². The Morgan fingerprint density at radius 3 is 2.58 bits per heavy atom. The monoisotopic (exact) mass is 492 g/mol. The topological polar surface area (TPSA) is 49.8 Å². The molecule has 164 valence electrons. The summed E-state index contributed by atoms with van der Waals surface area (Å²) in [4.78, 5) is 9.10. The third-order valence-electron chi connectivity index (χ3n) is 5.68. The number of benzene rings is 2. The van der Waals surface area contributed by atoms with E-state index in [4.69, 9.17) is 0 Å². The van der Waals surface area contributed by atoms with E-state index in [-0.39, 0.29) is 11.6 Å². The van der Waals surface area contributed by atoms with Crippen molar-refractivity contribution in [3.05, 3.63) is 57.3 Å². The highest BCUT2D eigenvalue weighted by Gasteiger charge is 2.33. The average Bonchev–Trinajstić information content (AvgIpc) is 3.50. The molecule has 1 aromatic heterocycles. The van der Waals surface area contributed by atoms with Gasteiger partial charge in [-0.2, -0.15) is 13.2 Å². The fraction of sp³-hybridized carbons (Fsp3) is 0.391. The van der Waals surface area contributed by atoms with E-state index in [1.165, 1.54) is 25.8 Å². The highest BCUT2D eigenvalue weighted by Crippen LogP contribution is 2.37. The van der Waals surface area contributed by atoms with E-state index in [0.717, 1.165) is 39.6 Å². The fourth-order valence-electron chi connectivity index (χ4n) is 3.80. The third kappa shape index (κ3) is 4.79. The van der Waals surface area contributed by atoms with Crippen LogP contribution in [0.2, 0.25) is 0 Å². The molecule has 0 radical (unpaired) electrons. The normalized spacial score (nSPS) is 15.2. The zero-order valence-electron chi connectivity index (χ0n) is 17.6. The zero-order chi connectivity index (χ0) is 22.3. The molecule has 1 aliphatic carbocycles. The maximum atomic E-state index is 13.3. The number of fused-ring (bicyclic) bond motifs is 1. The van der Waals surface area contributed by atoms with Crippen LogP contribution in [-0.4, -0.2) is 16.5 Å². The summed E-state index contributed by atoms with van der Waals surface area (Å²) in [7, 11) is 0. The fourth-order valence-corrected chi connectivity index (χ4v) is 4.28. The van der Waals surface area contributed by atoms with Gasteiger partial charge in [0.15, 0.2) is 0 Å².